The van der Waals surface area contributed by atoms with Crippen molar-refractivity contribution in [1.82, 2.24) is 14.9 Å². The molecule has 0 aliphatic rings. The molecule has 0 aliphatic carbocycles. The van der Waals surface area contributed by atoms with Crippen LogP contribution in [0.3, 0.4) is 0 Å². The van der Waals surface area contributed by atoms with E-state index in [9.17, 15) is 4.79 Å². The van der Waals surface area contributed by atoms with Crippen LogP contribution in [0.4, 0.5) is 0 Å². The molecule has 7 nitrogen and oxygen atoms in total. The molecule has 0 saturated heterocycles. The number of aryl methyl sites for hydroxylation is 1. The Morgan fingerprint density at radius 2 is 2.47 bits per heavy atom. The van der Waals surface area contributed by atoms with Crippen LogP contribution in [0.15, 0.2) is 22.0 Å². The van der Waals surface area contributed by atoms with Crippen LogP contribution in [-0.4, -0.2) is 25.9 Å². The zero-order valence-electron chi connectivity index (χ0n) is 8.95. The first-order valence-corrected chi connectivity index (χ1v) is 5.67. The van der Waals surface area contributed by atoms with E-state index in [-0.39, 0.29) is 5.56 Å². The molecule has 90 valence electrons. The van der Waals surface area contributed by atoms with Crippen LogP contribution < -0.4 is 5.84 Å². The highest BCUT2D eigenvalue weighted by Crippen LogP contribution is 2.23. The Balaban J connectivity index is 2.07. The minimum absolute atomic E-state index is 0.176. The maximum absolute atomic E-state index is 10.8. The number of hydrogen-bond donors (Lipinski definition) is 2. The Labute approximate surface area is 101 Å². The molecule has 3 N–H and O–H groups in total. The molecule has 0 amide bonds. The van der Waals surface area contributed by atoms with Crippen LogP contribution in [0.2, 0.25) is 0 Å². The normalized spacial score (nSPS) is 10.6. The highest BCUT2D eigenvalue weighted by atomic mass is 32.2. The summed E-state index contributed by atoms with van der Waals surface area (Å²) in [5.74, 6) is 5.94. The smallest absolute Gasteiger partial charge is 0.339 e. The van der Waals surface area contributed by atoms with Crippen LogP contribution in [0.25, 0.3) is 0 Å². The molecule has 0 aliphatic heterocycles. The van der Waals surface area contributed by atoms with Gasteiger partial charge in [-0.25, -0.2) is 9.47 Å². The van der Waals surface area contributed by atoms with Gasteiger partial charge in [0.1, 0.15) is 23.4 Å². The largest absolute Gasteiger partial charge is 0.478 e. The van der Waals surface area contributed by atoms with Gasteiger partial charge in [0.25, 0.3) is 0 Å². The standard InChI is InChI=1S/C9H10N4O3S/c1-5-7(8(14)15)2-6(16-5)3-17-9-12-11-4-13(9)10/h2,4H,3,10H2,1H3,(H,14,15). The number of hydrogen-bond acceptors (Lipinski definition) is 6. The molecule has 0 unspecified atom stereocenters. The molecule has 0 bridgehead atoms. The quantitative estimate of drug-likeness (QED) is 0.616. The minimum atomic E-state index is -0.996. The fraction of sp³-hybridized carbons (Fsp3) is 0.222. The van der Waals surface area contributed by atoms with Crippen LogP contribution in [0, 0.1) is 6.92 Å². The zero-order chi connectivity index (χ0) is 12.4. The molecule has 2 heterocycles. The van der Waals surface area contributed by atoms with Crippen molar-refractivity contribution in [2.75, 3.05) is 5.84 Å². The van der Waals surface area contributed by atoms with Gasteiger partial charge in [-0.05, 0) is 13.0 Å². The molecular weight excluding hydrogens is 244 g/mol. The van der Waals surface area contributed by atoms with Crippen LogP contribution in [0.1, 0.15) is 21.9 Å². The monoisotopic (exact) mass is 254 g/mol. The molecule has 17 heavy (non-hydrogen) atoms. The van der Waals surface area contributed by atoms with Crippen molar-refractivity contribution < 1.29 is 14.3 Å². The maximum atomic E-state index is 10.8. The predicted octanol–water partition coefficient (Wildman–Crippen LogP) is 0.884. The summed E-state index contributed by atoms with van der Waals surface area (Å²) in [4.78, 5) is 10.8. The third-order valence-electron chi connectivity index (χ3n) is 2.08. The number of rotatable bonds is 4. The lowest BCUT2D eigenvalue weighted by molar-refractivity contribution is 0.0695. The van der Waals surface area contributed by atoms with E-state index in [4.69, 9.17) is 15.4 Å². The number of furan rings is 1. The summed E-state index contributed by atoms with van der Waals surface area (Å²) in [6.45, 7) is 1.61. The van der Waals surface area contributed by atoms with Crippen molar-refractivity contribution >= 4 is 17.7 Å². The molecule has 0 saturated carbocycles. The van der Waals surface area contributed by atoms with Gasteiger partial charge in [-0.2, -0.15) is 0 Å². The minimum Gasteiger partial charge on any atom is -0.478 e. The molecule has 8 heteroatoms. The van der Waals surface area contributed by atoms with E-state index in [1.54, 1.807) is 6.92 Å². The molecular formula is C9H10N4O3S. The summed E-state index contributed by atoms with van der Waals surface area (Å²) in [7, 11) is 0. The molecule has 0 atom stereocenters. The number of carboxylic acid groups (broad SMARTS) is 1. The topological polar surface area (TPSA) is 107 Å². The van der Waals surface area contributed by atoms with E-state index in [0.717, 1.165) is 0 Å². The van der Waals surface area contributed by atoms with Gasteiger partial charge >= 0.3 is 5.97 Å². The molecule has 2 aromatic heterocycles. The van der Waals surface area contributed by atoms with Crippen molar-refractivity contribution in [3.05, 3.63) is 29.5 Å². The molecule has 2 aromatic rings. The number of aromatic carboxylic acids is 1. The SMILES string of the molecule is Cc1oc(CSc2nncn2N)cc1C(=O)O. The fourth-order valence-electron chi connectivity index (χ4n) is 1.30. The first-order chi connectivity index (χ1) is 8.08. The second-order valence-corrected chi connectivity index (χ2v) is 4.24. The molecule has 0 aromatic carbocycles. The average Bonchev–Trinajstić information content (AvgIpc) is 2.82. The Morgan fingerprint density at radius 1 is 1.71 bits per heavy atom. The first-order valence-electron chi connectivity index (χ1n) is 4.68. The van der Waals surface area contributed by atoms with Crippen molar-refractivity contribution in [2.24, 2.45) is 0 Å². The van der Waals surface area contributed by atoms with E-state index in [0.29, 0.717) is 22.4 Å². The van der Waals surface area contributed by atoms with E-state index < -0.39 is 5.97 Å². The molecule has 2 rings (SSSR count). The van der Waals surface area contributed by atoms with E-state index in [1.807, 2.05) is 0 Å². The Bertz CT molecular complexity index is 548. The second kappa shape index (κ2) is 4.50. The number of thioether (sulfide) groups is 1. The van der Waals surface area contributed by atoms with Gasteiger partial charge in [0.2, 0.25) is 5.16 Å². The molecule has 0 spiro atoms. The predicted molar refractivity (Wildman–Crippen MR) is 60.1 cm³/mol. The lowest BCUT2D eigenvalue weighted by Crippen LogP contribution is -2.07. The summed E-state index contributed by atoms with van der Waals surface area (Å²) in [5, 5.41) is 16.8. The fourth-order valence-corrected chi connectivity index (χ4v) is 2.01. The van der Waals surface area contributed by atoms with E-state index in [2.05, 4.69) is 10.2 Å². The van der Waals surface area contributed by atoms with Crippen LogP contribution in [0.5, 0.6) is 0 Å². The van der Waals surface area contributed by atoms with Gasteiger partial charge in [-0.1, -0.05) is 11.8 Å². The number of carboxylic acids is 1. The van der Waals surface area contributed by atoms with Gasteiger partial charge in [0, 0.05) is 0 Å². The number of carbonyl (C=O) groups is 1. The van der Waals surface area contributed by atoms with Gasteiger partial charge < -0.3 is 15.4 Å². The Kier molecular flexibility index (Phi) is 3.05. The van der Waals surface area contributed by atoms with Crippen molar-refractivity contribution in [1.29, 1.82) is 0 Å². The van der Waals surface area contributed by atoms with Crippen LogP contribution in [-0.2, 0) is 5.75 Å². The number of aromatic nitrogens is 3. The molecule has 0 radical (unpaired) electrons. The summed E-state index contributed by atoms with van der Waals surface area (Å²) in [6, 6.07) is 1.50. The second-order valence-electron chi connectivity index (χ2n) is 3.30. The maximum Gasteiger partial charge on any atom is 0.339 e. The van der Waals surface area contributed by atoms with E-state index >= 15 is 0 Å². The summed E-state index contributed by atoms with van der Waals surface area (Å²) < 4.78 is 6.60. The average molecular weight is 254 g/mol. The Hall–Kier alpha value is -1.96. The molecule has 0 fully saturated rings. The summed E-state index contributed by atoms with van der Waals surface area (Å²) in [6.07, 6.45) is 1.39. The van der Waals surface area contributed by atoms with Gasteiger partial charge in [-0.15, -0.1) is 10.2 Å². The number of nitrogens with two attached hydrogens (primary N) is 1. The lowest BCUT2D eigenvalue weighted by Gasteiger charge is -1.97. The van der Waals surface area contributed by atoms with Crippen molar-refractivity contribution in [3.8, 4) is 0 Å². The summed E-state index contributed by atoms with van der Waals surface area (Å²) >= 11 is 1.32. The van der Waals surface area contributed by atoms with Gasteiger partial charge in [-0.3, -0.25) is 0 Å². The number of nitrogens with zero attached hydrogens (tertiary/aromatic N) is 3. The summed E-state index contributed by atoms with van der Waals surface area (Å²) in [5.41, 5.74) is 0.176. The van der Waals surface area contributed by atoms with E-state index in [1.165, 1.54) is 28.8 Å². The highest BCUT2D eigenvalue weighted by molar-refractivity contribution is 7.98. The van der Waals surface area contributed by atoms with Crippen molar-refractivity contribution in [3.63, 3.8) is 0 Å². The highest BCUT2D eigenvalue weighted by Gasteiger charge is 2.14. The third-order valence-corrected chi connectivity index (χ3v) is 3.06. The third kappa shape index (κ3) is 2.41. The first kappa shape index (κ1) is 11.5. The van der Waals surface area contributed by atoms with Crippen molar-refractivity contribution in [2.45, 2.75) is 17.8 Å². The van der Waals surface area contributed by atoms with Crippen LogP contribution >= 0.6 is 11.8 Å². The zero-order valence-corrected chi connectivity index (χ0v) is 9.77. The Morgan fingerprint density at radius 3 is 3.00 bits per heavy atom. The van der Waals surface area contributed by atoms with Gasteiger partial charge in [0.15, 0.2) is 0 Å². The number of nitrogen functional groups attached to an aromatic ring is 1. The lowest BCUT2D eigenvalue weighted by atomic mass is 10.2. The van der Waals surface area contributed by atoms with Gasteiger partial charge in [0.05, 0.1) is 5.75 Å².